The van der Waals surface area contributed by atoms with Gasteiger partial charge >= 0.3 is 7.94 Å². The molecule has 4 heteroatoms. The lowest BCUT2D eigenvalue weighted by atomic mass is 9.80. The fourth-order valence-corrected chi connectivity index (χ4v) is 4.48. The van der Waals surface area contributed by atoms with Crippen molar-refractivity contribution in [1.82, 2.24) is 0 Å². The van der Waals surface area contributed by atoms with Crippen LogP contribution in [0.1, 0.15) is 52.7 Å². The molecule has 3 nitrogen and oxygen atoms in total. The maximum absolute atomic E-state index is 11.0. The first-order chi connectivity index (χ1) is 13.9. The Kier molecular flexibility index (Phi) is 6.11. The number of benzene rings is 3. The summed E-state index contributed by atoms with van der Waals surface area (Å²) in [5.74, 6) is 0.513. The smallest absolute Gasteiger partial charge is 0.281 e. The zero-order chi connectivity index (χ0) is 22.2. The third kappa shape index (κ3) is 5.10. The van der Waals surface area contributed by atoms with Gasteiger partial charge < -0.3 is 0 Å². The molecule has 0 fully saturated rings. The first kappa shape index (κ1) is 22.5. The van der Waals surface area contributed by atoms with Crippen LogP contribution in [0.4, 0.5) is 0 Å². The quantitative estimate of drug-likeness (QED) is 0.477. The summed E-state index contributed by atoms with van der Waals surface area (Å²) in [4.78, 5) is 21.9. The summed E-state index contributed by atoms with van der Waals surface area (Å²) in [5, 5.41) is 0.392. The maximum atomic E-state index is 11.0. The number of rotatable bonds is 4. The molecule has 0 radical (unpaired) electrons. The number of hydrogen-bond acceptors (Lipinski definition) is 3. The van der Waals surface area contributed by atoms with Crippen molar-refractivity contribution < 1.29 is 14.3 Å². The van der Waals surface area contributed by atoms with Crippen molar-refractivity contribution in [2.75, 3.05) is 0 Å². The summed E-state index contributed by atoms with van der Waals surface area (Å²) < 4.78 is 5.93. The molecule has 0 saturated heterocycles. The molecule has 3 rings (SSSR count). The molecule has 0 saturated carbocycles. The van der Waals surface area contributed by atoms with E-state index in [1.54, 1.807) is 12.1 Å². The van der Waals surface area contributed by atoms with Crippen molar-refractivity contribution in [3.63, 3.8) is 0 Å². The summed E-state index contributed by atoms with van der Waals surface area (Å²) in [5.41, 5.74) is 3.87. The van der Waals surface area contributed by atoms with Crippen molar-refractivity contribution >= 4 is 13.2 Å². The molecule has 3 aromatic rings. The molecule has 0 aliphatic carbocycles. The molecule has 0 spiro atoms. The van der Waals surface area contributed by atoms with Gasteiger partial charge in [0.15, 0.2) is 11.1 Å². The van der Waals surface area contributed by atoms with Crippen LogP contribution in [0.5, 0.6) is 5.75 Å². The highest BCUT2D eigenvalue weighted by molar-refractivity contribution is 7.68. The minimum absolute atomic E-state index is 0.00674. The van der Waals surface area contributed by atoms with Gasteiger partial charge in [-0.1, -0.05) is 96.1 Å². The van der Waals surface area contributed by atoms with Gasteiger partial charge in [0.25, 0.3) is 0 Å². The first-order valence-corrected chi connectivity index (χ1v) is 11.8. The van der Waals surface area contributed by atoms with Gasteiger partial charge in [0.1, 0.15) is 0 Å². The lowest BCUT2D eigenvalue weighted by Gasteiger charge is -2.27. The summed E-state index contributed by atoms with van der Waals surface area (Å²) in [6.45, 7) is 12.8. The Morgan fingerprint density at radius 2 is 1.30 bits per heavy atom. The minimum Gasteiger partial charge on any atom is -0.281 e. The van der Waals surface area contributed by atoms with Crippen molar-refractivity contribution in [3.05, 3.63) is 83.9 Å². The van der Waals surface area contributed by atoms with E-state index >= 15 is 0 Å². The molecule has 0 bridgehead atoms. The summed E-state index contributed by atoms with van der Waals surface area (Å²) in [6.07, 6.45) is 0. The van der Waals surface area contributed by atoms with Crippen LogP contribution in [-0.4, -0.2) is 9.79 Å². The summed E-state index contributed by atoms with van der Waals surface area (Å²) >= 11 is 0. The molecule has 0 aliphatic heterocycles. The van der Waals surface area contributed by atoms with Crippen molar-refractivity contribution in [1.29, 1.82) is 0 Å². The normalized spacial score (nSPS) is 12.7. The van der Waals surface area contributed by atoms with Gasteiger partial charge in [-0.15, -0.1) is 0 Å². The summed E-state index contributed by atoms with van der Waals surface area (Å²) in [7, 11) is -3.82. The van der Waals surface area contributed by atoms with Crippen molar-refractivity contribution in [3.8, 4) is 16.9 Å². The predicted molar refractivity (Wildman–Crippen MR) is 127 cm³/mol. The van der Waals surface area contributed by atoms with Crippen LogP contribution in [0, 0.1) is 0 Å². The van der Waals surface area contributed by atoms with Crippen LogP contribution in [0.25, 0.3) is 11.1 Å². The fraction of sp³-hybridized carbons (Fsp3) is 0.308. The van der Waals surface area contributed by atoms with E-state index in [1.807, 2.05) is 54.6 Å². The van der Waals surface area contributed by atoms with Crippen LogP contribution < -0.4 is 9.83 Å². The molecular weight excluding hydrogens is 391 g/mol. The third-order valence-electron chi connectivity index (χ3n) is 5.17. The van der Waals surface area contributed by atoms with E-state index in [1.165, 1.54) is 5.56 Å². The maximum Gasteiger partial charge on any atom is 0.487 e. The topological polar surface area (TPSA) is 49.7 Å². The van der Waals surface area contributed by atoms with E-state index in [0.717, 1.165) is 16.7 Å². The minimum atomic E-state index is -3.82. The van der Waals surface area contributed by atoms with E-state index in [4.69, 9.17) is 4.52 Å². The average molecular weight is 424 g/mol. The van der Waals surface area contributed by atoms with Gasteiger partial charge in [-0.3, -0.25) is 4.52 Å². The van der Waals surface area contributed by atoms with E-state index in [0.29, 0.717) is 11.1 Å². The molecule has 3 aromatic carbocycles. The molecule has 0 aromatic heterocycles. The van der Waals surface area contributed by atoms with Crippen molar-refractivity contribution in [2.24, 2.45) is 0 Å². The Morgan fingerprint density at radius 1 is 0.667 bits per heavy atom. The molecule has 0 unspecified atom stereocenters. The second-order valence-electron chi connectivity index (χ2n) is 9.76. The molecule has 0 amide bonds. The van der Waals surface area contributed by atoms with Crippen LogP contribution in [0.15, 0.2) is 72.8 Å². The molecule has 2 N–H and O–H groups in total. The SMILES string of the molecule is CC(C)(C)c1ccc(O[P+](O)(O)c2cccc(-c3ccccc3)c2)c(C(C)(C)C)c1. The van der Waals surface area contributed by atoms with E-state index in [2.05, 4.69) is 47.6 Å². The van der Waals surface area contributed by atoms with Gasteiger partial charge in [-0.2, -0.15) is 9.79 Å². The fourth-order valence-electron chi connectivity index (χ4n) is 3.35. The van der Waals surface area contributed by atoms with E-state index in [9.17, 15) is 9.79 Å². The molecule has 0 atom stereocenters. The van der Waals surface area contributed by atoms with Gasteiger partial charge in [-0.05, 0) is 45.7 Å². The highest BCUT2D eigenvalue weighted by atomic mass is 31.2. The van der Waals surface area contributed by atoms with E-state index in [-0.39, 0.29) is 10.8 Å². The Labute approximate surface area is 181 Å². The standard InChI is InChI=1S/C26H32O3P/c1-25(2,3)21-15-16-24(23(18-21)26(4,5)6)29-30(27,28)22-14-10-13-20(17-22)19-11-8-7-9-12-19/h7-18,27-28H,1-6H3/q+1. The Hall–Kier alpha value is -2.19. The van der Waals surface area contributed by atoms with Gasteiger partial charge in [0, 0.05) is 5.56 Å². The first-order valence-electron chi connectivity index (χ1n) is 10.2. The molecule has 0 heterocycles. The zero-order valence-electron chi connectivity index (χ0n) is 18.7. The lowest BCUT2D eigenvalue weighted by molar-refractivity contribution is 0.350. The Bertz CT molecular complexity index is 1010. The largest absolute Gasteiger partial charge is 0.487 e. The third-order valence-corrected chi connectivity index (χ3v) is 6.57. The van der Waals surface area contributed by atoms with Gasteiger partial charge in [0.05, 0.1) is 0 Å². The number of hydrogen-bond donors (Lipinski definition) is 2. The monoisotopic (exact) mass is 423 g/mol. The Balaban J connectivity index is 1.99. The molecule has 158 valence electrons. The van der Waals surface area contributed by atoms with Gasteiger partial charge in [0.2, 0.25) is 0 Å². The molecular formula is C26H32O3P+. The lowest BCUT2D eigenvalue weighted by Crippen LogP contribution is -2.20. The highest BCUT2D eigenvalue weighted by Gasteiger charge is 2.42. The highest BCUT2D eigenvalue weighted by Crippen LogP contribution is 2.52. The van der Waals surface area contributed by atoms with Crippen LogP contribution in [0.2, 0.25) is 0 Å². The van der Waals surface area contributed by atoms with Crippen LogP contribution in [-0.2, 0) is 10.8 Å². The molecule has 30 heavy (non-hydrogen) atoms. The Morgan fingerprint density at radius 3 is 1.90 bits per heavy atom. The van der Waals surface area contributed by atoms with Crippen LogP contribution in [0.3, 0.4) is 0 Å². The van der Waals surface area contributed by atoms with Crippen LogP contribution >= 0.6 is 7.94 Å². The molecule has 0 aliphatic rings. The summed E-state index contributed by atoms with van der Waals surface area (Å²) in [6, 6.07) is 23.2. The predicted octanol–water partition coefficient (Wildman–Crippen LogP) is 6.40. The van der Waals surface area contributed by atoms with Crippen molar-refractivity contribution in [2.45, 2.75) is 52.4 Å². The second kappa shape index (κ2) is 8.15. The van der Waals surface area contributed by atoms with E-state index < -0.39 is 7.94 Å². The average Bonchev–Trinajstić information content (AvgIpc) is 2.67. The second-order valence-corrected chi connectivity index (χ2v) is 11.5. The zero-order valence-corrected chi connectivity index (χ0v) is 19.6. The van der Waals surface area contributed by atoms with Gasteiger partial charge in [-0.25, -0.2) is 0 Å².